The summed E-state index contributed by atoms with van der Waals surface area (Å²) in [7, 11) is 1.39. The largest absolute Gasteiger partial charge is 0.405 e. The summed E-state index contributed by atoms with van der Waals surface area (Å²) < 4.78 is 14.8. The van der Waals surface area contributed by atoms with Crippen molar-refractivity contribution < 1.29 is 8.39 Å². The van der Waals surface area contributed by atoms with Crippen LogP contribution in [0.2, 0.25) is 0 Å². The summed E-state index contributed by atoms with van der Waals surface area (Å²) in [6, 6.07) is 0. The van der Waals surface area contributed by atoms with Crippen molar-refractivity contribution >= 4 is 11.1 Å². The summed E-state index contributed by atoms with van der Waals surface area (Å²) >= 11 is -1.19. The molecule has 3 nitrogen and oxygen atoms in total. The first-order chi connectivity index (χ1) is 3.81. The van der Waals surface area contributed by atoms with Gasteiger partial charge >= 0.3 is 0 Å². The van der Waals surface area contributed by atoms with Crippen LogP contribution in [-0.4, -0.2) is 17.1 Å². The lowest BCUT2D eigenvalue weighted by Crippen LogP contribution is -1.95. The highest BCUT2D eigenvalue weighted by Crippen LogP contribution is 1.80. The molecule has 1 atom stereocenters. The molecular formula is C4H9NO2S. The first kappa shape index (κ1) is 7.65. The summed E-state index contributed by atoms with van der Waals surface area (Å²) in [5.41, 5.74) is 4.96. The molecule has 0 aliphatic rings. The molecule has 0 saturated heterocycles. The van der Waals surface area contributed by atoms with E-state index in [1.807, 2.05) is 0 Å². The van der Waals surface area contributed by atoms with Crippen LogP contribution < -0.4 is 5.73 Å². The third kappa shape index (κ3) is 3.83. The van der Waals surface area contributed by atoms with Crippen LogP contribution in [0.15, 0.2) is 12.3 Å². The highest BCUT2D eigenvalue weighted by atomic mass is 32.2. The van der Waals surface area contributed by atoms with Gasteiger partial charge in [-0.1, -0.05) is 6.08 Å². The zero-order valence-corrected chi connectivity index (χ0v) is 5.48. The Morgan fingerprint density at radius 3 is 2.88 bits per heavy atom. The molecule has 0 aromatic rings. The third-order valence-corrected chi connectivity index (χ3v) is 1.39. The summed E-state index contributed by atoms with van der Waals surface area (Å²) in [6.07, 6.45) is 2.93. The van der Waals surface area contributed by atoms with Crippen molar-refractivity contribution in [3.8, 4) is 0 Å². The van der Waals surface area contributed by atoms with Gasteiger partial charge in [0.1, 0.15) is 0 Å². The van der Waals surface area contributed by atoms with Gasteiger partial charge in [-0.2, -0.15) is 0 Å². The molecule has 0 saturated carbocycles. The average molecular weight is 135 g/mol. The van der Waals surface area contributed by atoms with Gasteiger partial charge in [0.15, 0.2) is 11.1 Å². The van der Waals surface area contributed by atoms with E-state index in [9.17, 15) is 4.21 Å². The second-order valence-corrected chi connectivity index (χ2v) is 2.34. The van der Waals surface area contributed by atoms with Crippen LogP contribution in [0.1, 0.15) is 0 Å². The van der Waals surface area contributed by atoms with Crippen molar-refractivity contribution in [1.82, 2.24) is 0 Å². The Kier molecular flexibility index (Phi) is 4.59. The zero-order valence-electron chi connectivity index (χ0n) is 4.66. The molecule has 0 rings (SSSR count). The summed E-state index contributed by atoms with van der Waals surface area (Å²) in [4.78, 5) is 0. The van der Waals surface area contributed by atoms with Crippen LogP contribution >= 0.6 is 0 Å². The molecule has 0 bridgehead atoms. The van der Waals surface area contributed by atoms with Crippen LogP contribution in [0.3, 0.4) is 0 Å². The van der Waals surface area contributed by atoms with Gasteiger partial charge in [0.2, 0.25) is 0 Å². The molecule has 2 N–H and O–H groups in total. The predicted octanol–water partition coefficient (Wildman–Crippen LogP) is -0.231. The molecule has 0 aliphatic carbocycles. The highest BCUT2D eigenvalue weighted by Gasteiger charge is 1.87. The van der Waals surface area contributed by atoms with Gasteiger partial charge in [0.25, 0.3) is 0 Å². The maximum Gasteiger partial charge on any atom is 0.159 e. The van der Waals surface area contributed by atoms with Crippen molar-refractivity contribution in [2.75, 3.05) is 12.9 Å². The lowest BCUT2D eigenvalue weighted by molar-refractivity contribution is 0.448. The predicted molar refractivity (Wildman–Crippen MR) is 33.3 cm³/mol. The number of rotatable bonds is 3. The van der Waals surface area contributed by atoms with Crippen LogP contribution in [0.4, 0.5) is 0 Å². The van der Waals surface area contributed by atoms with Crippen molar-refractivity contribution in [2.24, 2.45) is 5.73 Å². The maximum atomic E-state index is 10.4. The van der Waals surface area contributed by atoms with E-state index in [2.05, 4.69) is 4.18 Å². The van der Waals surface area contributed by atoms with Gasteiger partial charge in [-0.3, -0.25) is 4.18 Å². The standard InChI is InChI=1S/C4H9NO2S/c1-7-8(6)4-2-3-5/h2-3H,4-5H2,1H3. The van der Waals surface area contributed by atoms with E-state index in [4.69, 9.17) is 5.73 Å². The first-order valence-electron chi connectivity index (χ1n) is 2.11. The second kappa shape index (κ2) is 4.80. The molecule has 1 unspecified atom stereocenters. The smallest absolute Gasteiger partial charge is 0.159 e. The molecule has 0 radical (unpaired) electrons. The Morgan fingerprint density at radius 2 is 2.50 bits per heavy atom. The molecule has 0 amide bonds. The van der Waals surface area contributed by atoms with E-state index in [1.54, 1.807) is 6.08 Å². The fourth-order valence-corrected chi connectivity index (χ4v) is 0.606. The van der Waals surface area contributed by atoms with Gasteiger partial charge in [-0.05, 0) is 6.20 Å². The van der Waals surface area contributed by atoms with Crippen molar-refractivity contribution in [3.63, 3.8) is 0 Å². The molecule has 4 heteroatoms. The van der Waals surface area contributed by atoms with Gasteiger partial charge in [0.05, 0.1) is 12.9 Å². The Hall–Kier alpha value is -0.350. The molecule has 8 heavy (non-hydrogen) atoms. The Morgan fingerprint density at radius 1 is 1.88 bits per heavy atom. The van der Waals surface area contributed by atoms with E-state index < -0.39 is 11.1 Å². The number of hydrogen-bond donors (Lipinski definition) is 1. The molecule has 0 aromatic carbocycles. The van der Waals surface area contributed by atoms with Crippen molar-refractivity contribution in [1.29, 1.82) is 0 Å². The van der Waals surface area contributed by atoms with Gasteiger partial charge < -0.3 is 5.73 Å². The lowest BCUT2D eigenvalue weighted by atomic mass is 10.7. The summed E-state index contributed by atoms with van der Waals surface area (Å²) in [5.74, 6) is 0.368. The number of hydrogen-bond acceptors (Lipinski definition) is 3. The van der Waals surface area contributed by atoms with Crippen LogP contribution in [-0.2, 0) is 15.3 Å². The minimum atomic E-state index is -1.19. The van der Waals surface area contributed by atoms with E-state index in [-0.39, 0.29) is 0 Å². The van der Waals surface area contributed by atoms with Crippen LogP contribution in [0, 0.1) is 0 Å². The van der Waals surface area contributed by atoms with Gasteiger partial charge in [0, 0.05) is 0 Å². The van der Waals surface area contributed by atoms with Crippen molar-refractivity contribution in [2.45, 2.75) is 0 Å². The monoisotopic (exact) mass is 135 g/mol. The first-order valence-corrected chi connectivity index (χ1v) is 3.35. The Labute approximate surface area is 51.2 Å². The SMILES string of the molecule is COS(=O)CC=CN. The van der Waals surface area contributed by atoms with Crippen LogP contribution in [0.25, 0.3) is 0 Å². The zero-order chi connectivity index (χ0) is 6.41. The minimum absolute atomic E-state index is 0.368. The maximum absolute atomic E-state index is 10.4. The van der Waals surface area contributed by atoms with E-state index >= 15 is 0 Å². The topological polar surface area (TPSA) is 52.3 Å². The fourth-order valence-electron chi connectivity index (χ4n) is 0.202. The van der Waals surface area contributed by atoms with E-state index in [1.165, 1.54) is 13.3 Å². The van der Waals surface area contributed by atoms with Crippen molar-refractivity contribution in [3.05, 3.63) is 12.3 Å². The molecule has 0 aliphatic heterocycles. The molecule has 0 heterocycles. The average Bonchev–Trinajstić information content (AvgIpc) is 1.83. The summed E-state index contributed by atoms with van der Waals surface area (Å²) in [5, 5.41) is 0. The lowest BCUT2D eigenvalue weighted by Gasteiger charge is -1.88. The van der Waals surface area contributed by atoms with E-state index in [0.717, 1.165) is 0 Å². The third-order valence-electron chi connectivity index (χ3n) is 0.554. The van der Waals surface area contributed by atoms with Crippen LogP contribution in [0.5, 0.6) is 0 Å². The number of nitrogens with two attached hydrogens (primary N) is 1. The molecule has 48 valence electrons. The van der Waals surface area contributed by atoms with Gasteiger partial charge in [-0.15, -0.1) is 0 Å². The Bertz CT molecular complexity index is 102. The normalized spacial score (nSPS) is 14.6. The molecule has 0 fully saturated rings. The molecule has 0 aromatic heterocycles. The van der Waals surface area contributed by atoms with E-state index in [0.29, 0.717) is 5.75 Å². The Balaban J connectivity index is 3.25. The summed E-state index contributed by atoms with van der Waals surface area (Å²) in [6.45, 7) is 0. The fraction of sp³-hybridized carbons (Fsp3) is 0.500. The van der Waals surface area contributed by atoms with Gasteiger partial charge in [-0.25, -0.2) is 4.21 Å². The quantitative estimate of drug-likeness (QED) is 0.581. The second-order valence-electron chi connectivity index (χ2n) is 1.07. The highest BCUT2D eigenvalue weighted by molar-refractivity contribution is 7.80. The molecule has 0 spiro atoms. The minimum Gasteiger partial charge on any atom is -0.405 e. The molecular weight excluding hydrogens is 126 g/mol.